The smallest absolute Gasteiger partial charge is 0.307 e. The summed E-state index contributed by atoms with van der Waals surface area (Å²) in [7, 11) is 0. The second-order valence-corrected chi connectivity index (χ2v) is 6.68. The first-order valence-corrected chi connectivity index (χ1v) is 9.06. The Morgan fingerprint density at radius 3 is 2.18 bits per heavy atom. The van der Waals surface area contributed by atoms with Crippen LogP contribution in [0, 0.1) is 13.8 Å². The van der Waals surface area contributed by atoms with Crippen LogP contribution in [-0.2, 0) is 0 Å². The molecule has 5 heteroatoms. The zero-order valence-electron chi connectivity index (χ0n) is 15.8. The van der Waals surface area contributed by atoms with Crippen LogP contribution in [0.25, 0.3) is 10.9 Å². The van der Waals surface area contributed by atoms with E-state index in [2.05, 4.69) is 15.3 Å². The molecule has 0 radical (unpaired) electrons. The van der Waals surface area contributed by atoms with E-state index in [-0.39, 0.29) is 6.03 Å². The molecule has 28 heavy (non-hydrogen) atoms. The second kappa shape index (κ2) is 7.48. The van der Waals surface area contributed by atoms with Gasteiger partial charge in [0.05, 0.1) is 11.2 Å². The Labute approximate surface area is 163 Å². The van der Waals surface area contributed by atoms with Crippen LogP contribution in [0.1, 0.15) is 11.1 Å². The van der Waals surface area contributed by atoms with E-state index in [0.29, 0.717) is 5.82 Å². The van der Waals surface area contributed by atoms with Gasteiger partial charge in [0.25, 0.3) is 0 Å². The lowest BCUT2D eigenvalue weighted by Crippen LogP contribution is -2.31. The fourth-order valence-electron chi connectivity index (χ4n) is 3.01. The number of aryl methyl sites for hydroxylation is 2. The third-order valence-electron chi connectivity index (χ3n) is 4.53. The number of rotatable bonds is 3. The number of hydrogen-bond acceptors (Lipinski definition) is 3. The largest absolute Gasteiger partial charge is 0.332 e. The summed E-state index contributed by atoms with van der Waals surface area (Å²) >= 11 is 0. The summed E-state index contributed by atoms with van der Waals surface area (Å²) in [6.45, 7) is 4.03. The summed E-state index contributed by atoms with van der Waals surface area (Å²) < 4.78 is 0. The molecule has 0 bridgehead atoms. The first-order chi connectivity index (χ1) is 13.6. The van der Waals surface area contributed by atoms with Gasteiger partial charge in [0, 0.05) is 11.1 Å². The van der Waals surface area contributed by atoms with E-state index in [4.69, 9.17) is 0 Å². The van der Waals surface area contributed by atoms with Crippen LogP contribution in [0.2, 0.25) is 0 Å². The topological polar surface area (TPSA) is 58.1 Å². The fourth-order valence-corrected chi connectivity index (χ4v) is 3.01. The van der Waals surface area contributed by atoms with Gasteiger partial charge in [-0.1, -0.05) is 47.5 Å². The van der Waals surface area contributed by atoms with Crippen molar-refractivity contribution in [1.82, 2.24) is 9.97 Å². The lowest BCUT2D eigenvalue weighted by molar-refractivity contribution is 0.259. The van der Waals surface area contributed by atoms with Gasteiger partial charge in [-0.3, -0.25) is 0 Å². The van der Waals surface area contributed by atoms with Gasteiger partial charge >= 0.3 is 6.03 Å². The average molecular weight is 368 g/mol. The van der Waals surface area contributed by atoms with Crippen molar-refractivity contribution in [3.63, 3.8) is 0 Å². The summed E-state index contributed by atoms with van der Waals surface area (Å²) in [5, 5.41) is 3.78. The molecule has 1 N–H and O–H groups in total. The number of aromatic nitrogens is 2. The Hall–Kier alpha value is -3.73. The molecule has 0 aliphatic carbocycles. The summed E-state index contributed by atoms with van der Waals surface area (Å²) in [6, 6.07) is 22.9. The number of benzene rings is 3. The molecule has 0 spiro atoms. The third kappa shape index (κ3) is 3.55. The molecule has 2 amide bonds. The summed E-state index contributed by atoms with van der Waals surface area (Å²) in [4.78, 5) is 23.6. The lowest BCUT2D eigenvalue weighted by atomic mass is 10.2. The number of carbonyl (C=O) groups excluding carboxylic acids is 1. The first kappa shape index (κ1) is 17.7. The summed E-state index contributed by atoms with van der Waals surface area (Å²) in [5.74, 6) is 0.541. The van der Waals surface area contributed by atoms with Crippen LogP contribution in [0.3, 0.4) is 0 Å². The van der Waals surface area contributed by atoms with E-state index < -0.39 is 0 Å². The van der Waals surface area contributed by atoms with Crippen molar-refractivity contribution in [2.45, 2.75) is 13.8 Å². The van der Waals surface area contributed by atoms with Crippen LogP contribution in [0.4, 0.5) is 22.0 Å². The standard InChI is InChI=1S/C23H20N4O/c1-16-7-11-18(12-8-16)26-23(28)27(19-13-9-17(2)10-14-19)22-20-5-3-4-6-21(20)24-15-25-22/h3-15H,1-2H3,(H,26,28). The highest BCUT2D eigenvalue weighted by molar-refractivity contribution is 6.10. The molecule has 0 saturated carbocycles. The minimum Gasteiger partial charge on any atom is -0.307 e. The van der Waals surface area contributed by atoms with Crippen LogP contribution in [0.5, 0.6) is 0 Å². The molecule has 5 nitrogen and oxygen atoms in total. The summed E-state index contributed by atoms with van der Waals surface area (Å²) in [6.07, 6.45) is 1.48. The minimum absolute atomic E-state index is 0.281. The molecule has 0 saturated heterocycles. The van der Waals surface area contributed by atoms with E-state index in [1.165, 1.54) is 6.33 Å². The molecule has 0 atom stereocenters. The van der Waals surface area contributed by atoms with Gasteiger partial charge in [0.2, 0.25) is 0 Å². The van der Waals surface area contributed by atoms with E-state index in [0.717, 1.165) is 33.4 Å². The molecule has 0 unspecified atom stereocenters. The quantitative estimate of drug-likeness (QED) is 0.511. The maximum atomic E-state index is 13.3. The van der Waals surface area contributed by atoms with Crippen molar-refractivity contribution in [1.29, 1.82) is 0 Å². The van der Waals surface area contributed by atoms with E-state index in [9.17, 15) is 4.79 Å². The first-order valence-electron chi connectivity index (χ1n) is 9.06. The molecule has 4 rings (SSSR count). The van der Waals surface area contributed by atoms with Crippen LogP contribution in [-0.4, -0.2) is 16.0 Å². The number of para-hydroxylation sites is 1. The number of anilines is 3. The Balaban J connectivity index is 1.80. The second-order valence-electron chi connectivity index (χ2n) is 6.68. The van der Waals surface area contributed by atoms with Crippen molar-refractivity contribution in [2.24, 2.45) is 0 Å². The van der Waals surface area contributed by atoms with Crippen molar-refractivity contribution < 1.29 is 4.79 Å². The van der Waals surface area contributed by atoms with Gasteiger partial charge in [-0.2, -0.15) is 0 Å². The number of amides is 2. The Morgan fingerprint density at radius 1 is 0.821 bits per heavy atom. The number of hydrogen-bond donors (Lipinski definition) is 1. The van der Waals surface area contributed by atoms with E-state index >= 15 is 0 Å². The van der Waals surface area contributed by atoms with E-state index in [1.54, 1.807) is 4.90 Å². The van der Waals surface area contributed by atoms with Crippen LogP contribution in [0.15, 0.2) is 79.1 Å². The van der Waals surface area contributed by atoms with Crippen molar-refractivity contribution in [3.05, 3.63) is 90.3 Å². The molecule has 0 fully saturated rings. The monoisotopic (exact) mass is 368 g/mol. The fraction of sp³-hybridized carbons (Fsp3) is 0.0870. The minimum atomic E-state index is -0.281. The van der Waals surface area contributed by atoms with Crippen molar-refractivity contribution in [2.75, 3.05) is 10.2 Å². The van der Waals surface area contributed by atoms with Crippen LogP contribution >= 0.6 is 0 Å². The van der Waals surface area contributed by atoms with Gasteiger partial charge in [-0.05, 0) is 50.2 Å². The normalized spacial score (nSPS) is 10.6. The van der Waals surface area contributed by atoms with Gasteiger partial charge in [0.15, 0.2) is 5.82 Å². The zero-order valence-corrected chi connectivity index (χ0v) is 15.8. The Bertz CT molecular complexity index is 1120. The molecular weight excluding hydrogens is 348 g/mol. The molecule has 138 valence electrons. The van der Waals surface area contributed by atoms with Gasteiger partial charge in [-0.15, -0.1) is 0 Å². The molecule has 1 heterocycles. The third-order valence-corrected chi connectivity index (χ3v) is 4.53. The predicted octanol–water partition coefficient (Wildman–Crippen LogP) is 5.62. The lowest BCUT2D eigenvalue weighted by Gasteiger charge is -2.23. The number of urea groups is 1. The molecule has 0 aliphatic heterocycles. The van der Waals surface area contributed by atoms with Crippen LogP contribution < -0.4 is 10.2 Å². The number of nitrogens with zero attached hydrogens (tertiary/aromatic N) is 3. The average Bonchev–Trinajstić information content (AvgIpc) is 2.71. The van der Waals surface area contributed by atoms with Crippen molar-refractivity contribution >= 4 is 34.1 Å². The summed E-state index contributed by atoms with van der Waals surface area (Å²) in [5.41, 5.74) is 4.50. The Morgan fingerprint density at radius 2 is 1.46 bits per heavy atom. The number of fused-ring (bicyclic) bond motifs is 1. The van der Waals surface area contributed by atoms with Gasteiger partial charge in [0.1, 0.15) is 6.33 Å². The van der Waals surface area contributed by atoms with E-state index in [1.807, 2.05) is 86.6 Å². The highest BCUT2D eigenvalue weighted by Crippen LogP contribution is 2.30. The Kier molecular flexibility index (Phi) is 4.72. The highest BCUT2D eigenvalue weighted by Gasteiger charge is 2.22. The predicted molar refractivity (Wildman–Crippen MR) is 113 cm³/mol. The molecule has 3 aromatic carbocycles. The zero-order chi connectivity index (χ0) is 19.5. The SMILES string of the molecule is Cc1ccc(NC(=O)N(c2ccc(C)cc2)c2ncnc3ccccc23)cc1. The maximum absolute atomic E-state index is 13.3. The van der Waals surface area contributed by atoms with Gasteiger partial charge in [-0.25, -0.2) is 19.7 Å². The van der Waals surface area contributed by atoms with Crippen molar-refractivity contribution in [3.8, 4) is 0 Å². The number of nitrogens with one attached hydrogen (secondary N) is 1. The highest BCUT2D eigenvalue weighted by atomic mass is 16.2. The molecule has 4 aromatic rings. The molecule has 0 aliphatic rings. The maximum Gasteiger partial charge on any atom is 0.332 e. The number of carbonyl (C=O) groups is 1. The molecule has 1 aromatic heterocycles. The molecular formula is C23H20N4O. The van der Waals surface area contributed by atoms with Gasteiger partial charge < -0.3 is 5.32 Å².